The quantitative estimate of drug-likeness (QED) is 0.254. The molecule has 1 rings (SSSR count). The van der Waals surface area contributed by atoms with Gasteiger partial charge in [0.15, 0.2) is 0 Å². The standard InChI is InChI=1S/C13H20O3Si/c1-16-13(15)8-6-10-5-7-12(11(10)9-14)17(2,3)4/h5-12H,1-4H3/b8-6+/t10-,11+,12+/m0/s1. The third kappa shape index (κ3) is 3.39. The van der Waals surface area contributed by atoms with Crippen molar-refractivity contribution < 1.29 is 14.3 Å². The number of carbonyl (C=O) groups is 2. The van der Waals surface area contributed by atoms with Crippen molar-refractivity contribution in [3.8, 4) is 0 Å². The summed E-state index contributed by atoms with van der Waals surface area (Å²) in [5.74, 6) is -0.370. The van der Waals surface area contributed by atoms with E-state index in [1.807, 2.05) is 6.08 Å². The van der Waals surface area contributed by atoms with Gasteiger partial charge in [0.1, 0.15) is 6.29 Å². The van der Waals surface area contributed by atoms with Gasteiger partial charge >= 0.3 is 5.97 Å². The minimum Gasteiger partial charge on any atom is -0.466 e. The van der Waals surface area contributed by atoms with Crippen molar-refractivity contribution >= 4 is 20.3 Å². The Morgan fingerprint density at radius 2 is 1.94 bits per heavy atom. The maximum absolute atomic E-state index is 11.2. The molecule has 1 aliphatic rings. The van der Waals surface area contributed by atoms with Crippen molar-refractivity contribution in [2.24, 2.45) is 11.8 Å². The van der Waals surface area contributed by atoms with Crippen molar-refractivity contribution in [3.05, 3.63) is 24.3 Å². The molecule has 0 fully saturated rings. The number of carbonyl (C=O) groups excluding carboxylic acids is 2. The van der Waals surface area contributed by atoms with Crippen LogP contribution in [0.15, 0.2) is 24.3 Å². The predicted octanol–water partition coefficient (Wildman–Crippen LogP) is 2.43. The number of ether oxygens (including phenoxy) is 1. The number of rotatable bonds is 4. The first kappa shape index (κ1) is 13.9. The van der Waals surface area contributed by atoms with Crippen LogP contribution in [0.3, 0.4) is 0 Å². The van der Waals surface area contributed by atoms with E-state index >= 15 is 0 Å². The van der Waals surface area contributed by atoms with E-state index < -0.39 is 8.07 Å². The Hall–Kier alpha value is -1.16. The molecule has 0 aromatic rings. The molecule has 0 N–H and O–H groups in total. The molecule has 17 heavy (non-hydrogen) atoms. The van der Waals surface area contributed by atoms with E-state index in [-0.39, 0.29) is 17.8 Å². The molecule has 0 heterocycles. The normalized spacial score (nSPS) is 28.6. The minimum absolute atomic E-state index is 0.0254. The van der Waals surface area contributed by atoms with E-state index in [1.54, 1.807) is 6.08 Å². The summed E-state index contributed by atoms with van der Waals surface area (Å²) in [4.78, 5) is 22.3. The van der Waals surface area contributed by atoms with Crippen LogP contribution in [0.5, 0.6) is 0 Å². The Balaban J connectivity index is 2.79. The summed E-state index contributed by atoms with van der Waals surface area (Å²) in [5.41, 5.74) is 0.354. The number of methoxy groups -OCH3 is 1. The molecular formula is C13H20O3Si. The van der Waals surface area contributed by atoms with Gasteiger partial charge in [-0.1, -0.05) is 37.9 Å². The highest BCUT2D eigenvalue weighted by Crippen LogP contribution is 2.41. The van der Waals surface area contributed by atoms with Crippen LogP contribution in [0.4, 0.5) is 0 Å². The highest BCUT2D eigenvalue weighted by molar-refractivity contribution is 6.78. The van der Waals surface area contributed by atoms with Gasteiger partial charge in [0, 0.05) is 17.9 Å². The average molecular weight is 252 g/mol. The molecule has 0 aromatic carbocycles. The lowest BCUT2D eigenvalue weighted by Crippen LogP contribution is -2.32. The molecule has 0 amide bonds. The van der Waals surface area contributed by atoms with Crippen molar-refractivity contribution in [3.63, 3.8) is 0 Å². The third-order valence-electron chi connectivity index (χ3n) is 3.21. The Morgan fingerprint density at radius 1 is 1.29 bits per heavy atom. The number of allylic oxidation sites excluding steroid dienone is 3. The maximum Gasteiger partial charge on any atom is 0.330 e. The summed E-state index contributed by atoms with van der Waals surface area (Å²) < 4.78 is 4.54. The van der Waals surface area contributed by atoms with Crippen molar-refractivity contribution in [1.82, 2.24) is 0 Å². The highest BCUT2D eigenvalue weighted by atomic mass is 28.3. The molecule has 0 bridgehead atoms. The average Bonchev–Trinajstić information content (AvgIpc) is 2.68. The smallest absolute Gasteiger partial charge is 0.330 e. The van der Waals surface area contributed by atoms with Gasteiger partial charge in [0.2, 0.25) is 0 Å². The van der Waals surface area contributed by atoms with Gasteiger partial charge < -0.3 is 9.53 Å². The van der Waals surface area contributed by atoms with E-state index in [2.05, 4.69) is 30.5 Å². The van der Waals surface area contributed by atoms with E-state index in [0.29, 0.717) is 5.54 Å². The van der Waals surface area contributed by atoms with E-state index in [1.165, 1.54) is 13.2 Å². The predicted molar refractivity (Wildman–Crippen MR) is 70.4 cm³/mol. The monoisotopic (exact) mass is 252 g/mol. The molecule has 1 aliphatic carbocycles. The zero-order valence-corrected chi connectivity index (χ0v) is 11.8. The van der Waals surface area contributed by atoms with Crippen LogP contribution in [0, 0.1) is 11.8 Å². The summed E-state index contributed by atoms with van der Waals surface area (Å²) in [6.07, 6.45) is 8.36. The van der Waals surface area contributed by atoms with Crippen LogP contribution in [0.2, 0.25) is 25.2 Å². The zero-order chi connectivity index (χ0) is 13.1. The molecule has 0 saturated carbocycles. The molecule has 0 aliphatic heterocycles. The number of hydrogen-bond acceptors (Lipinski definition) is 3. The van der Waals surface area contributed by atoms with Gasteiger partial charge in [-0.15, -0.1) is 0 Å². The summed E-state index contributed by atoms with van der Waals surface area (Å²) >= 11 is 0. The summed E-state index contributed by atoms with van der Waals surface area (Å²) in [5, 5.41) is 0. The Labute approximate surface area is 104 Å². The molecule has 0 unspecified atom stereocenters. The molecule has 4 heteroatoms. The largest absolute Gasteiger partial charge is 0.466 e. The van der Waals surface area contributed by atoms with Gasteiger partial charge in [-0.25, -0.2) is 4.79 Å². The van der Waals surface area contributed by atoms with E-state index in [0.717, 1.165) is 6.29 Å². The van der Waals surface area contributed by atoms with E-state index in [9.17, 15) is 9.59 Å². The second-order valence-corrected chi connectivity index (χ2v) is 10.8. The Bertz CT molecular complexity index is 352. The van der Waals surface area contributed by atoms with Gasteiger partial charge in [-0.05, 0) is 5.54 Å². The molecule has 3 nitrogen and oxygen atoms in total. The molecule has 94 valence electrons. The topological polar surface area (TPSA) is 43.4 Å². The second-order valence-electron chi connectivity index (χ2n) is 5.45. The van der Waals surface area contributed by atoms with Crippen LogP contribution < -0.4 is 0 Å². The first-order valence-electron chi connectivity index (χ1n) is 5.80. The summed E-state index contributed by atoms with van der Waals surface area (Å²) in [7, 11) is -0.0362. The fourth-order valence-electron chi connectivity index (χ4n) is 2.24. The minimum atomic E-state index is -1.38. The van der Waals surface area contributed by atoms with Crippen LogP contribution >= 0.6 is 0 Å². The first-order valence-corrected chi connectivity index (χ1v) is 9.37. The second kappa shape index (κ2) is 5.45. The van der Waals surface area contributed by atoms with Crippen LogP contribution in [-0.2, 0) is 14.3 Å². The Kier molecular flexibility index (Phi) is 4.45. The van der Waals surface area contributed by atoms with Crippen LogP contribution in [-0.4, -0.2) is 27.4 Å². The first-order chi connectivity index (χ1) is 7.90. The lowest BCUT2D eigenvalue weighted by atomic mass is 9.96. The van der Waals surface area contributed by atoms with Gasteiger partial charge in [0.25, 0.3) is 0 Å². The molecule has 0 spiro atoms. The van der Waals surface area contributed by atoms with Crippen LogP contribution in [0.25, 0.3) is 0 Å². The number of hydrogen-bond donors (Lipinski definition) is 0. The van der Waals surface area contributed by atoms with Crippen LogP contribution in [0.1, 0.15) is 0 Å². The Morgan fingerprint density at radius 3 is 2.41 bits per heavy atom. The fraction of sp³-hybridized carbons (Fsp3) is 0.538. The molecule has 3 atom stereocenters. The molecule has 0 aromatic heterocycles. The van der Waals surface area contributed by atoms with Crippen molar-refractivity contribution in [1.29, 1.82) is 0 Å². The van der Waals surface area contributed by atoms with Gasteiger partial charge in [-0.2, -0.15) is 0 Å². The van der Waals surface area contributed by atoms with Gasteiger partial charge in [0.05, 0.1) is 15.2 Å². The fourth-order valence-corrected chi connectivity index (χ4v) is 4.38. The number of esters is 1. The number of aldehydes is 1. The van der Waals surface area contributed by atoms with Crippen molar-refractivity contribution in [2.45, 2.75) is 25.2 Å². The van der Waals surface area contributed by atoms with Crippen molar-refractivity contribution in [2.75, 3.05) is 7.11 Å². The highest BCUT2D eigenvalue weighted by Gasteiger charge is 2.38. The molecule has 0 saturated heterocycles. The SMILES string of the molecule is COC(=O)/C=C/[C@@H]1C=C[C@@H]([Si](C)(C)C)[C@@H]1C=O. The van der Waals surface area contributed by atoms with Gasteiger partial charge in [-0.3, -0.25) is 0 Å². The third-order valence-corrected chi connectivity index (χ3v) is 5.79. The lowest BCUT2D eigenvalue weighted by molar-refractivity contribution is -0.134. The summed E-state index contributed by atoms with van der Waals surface area (Å²) in [6, 6.07) is 0. The zero-order valence-electron chi connectivity index (χ0n) is 10.8. The summed E-state index contributed by atoms with van der Waals surface area (Å²) in [6.45, 7) is 6.76. The lowest BCUT2D eigenvalue weighted by Gasteiger charge is -2.28. The maximum atomic E-state index is 11.2. The van der Waals surface area contributed by atoms with E-state index in [4.69, 9.17) is 0 Å². The molecule has 0 radical (unpaired) electrons. The molecular weight excluding hydrogens is 232 g/mol.